The van der Waals surface area contributed by atoms with Crippen molar-refractivity contribution in [3.8, 4) is 73.6 Å². The molecule has 1 aliphatic carbocycles. The summed E-state index contributed by atoms with van der Waals surface area (Å²) in [5.41, 5.74) is 13.0. The summed E-state index contributed by atoms with van der Waals surface area (Å²) < 4.78 is 0. The Bertz CT molecular complexity index is 2600. The van der Waals surface area contributed by atoms with Crippen LogP contribution in [-0.4, -0.2) is 15.0 Å². The van der Waals surface area contributed by atoms with Gasteiger partial charge < -0.3 is 0 Å². The summed E-state index contributed by atoms with van der Waals surface area (Å²) in [6.07, 6.45) is 0. The van der Waals surface area contributed by atoms with Crippen LogP contribution in [0.1, 0.15) is 30.5 Å². The predicted octanol–water partition coefficient (Wildman–Crippen LogP) is 11.5. The van der Waals surface area contributed by atoms with Crippen molar-refractivity contribution >= 4 is 10.8 Å². The Hall–Kier alpha value is -6.70. The second kappa shape index (κ2) is 12.0. The zero-order chi connectivity index (χ0) is 34.5. The first-order chi connectivity index (χ1) is 25.0. The van der Waals surface area contributed by atoms with E-state index in [0.29, 0.717) is 23.0 Å². The number of nitriles is 1. The Morgan fingerprint density at radius 3 is 1.59 bits per heavy atom. The molecule has 0 radical (unpaired) electrons. The second-order valence-corrected chi connectivity index (χ2v) is 13.5. The van der Waals surface area contributed by atoms with Crippen LogP contribution >= 0.6 is 0 Å². The van der Waals surface area contributed by atoms with Crippen molar-refractivity contribution in [2.45, 2.75) is 19.3 Å². The molecule has 7 aromatic carbocycles. The summed E-state index contributed by atoms with van der Waals surface area (Å²) in [7, 11) is 0. The van der Waals surface area contributed by atoms with Gasteiger partial charge in [-0.25, -0.2) is 15.0 Å². The molecular formula is C47H32N4. The van der Waals surface area contributed by atoms with Crippen molar-refractivity contribution in [3.05, 3.63) is 174 Å². The number of hydrogen-bond donors (Lipinski definition) is 0. The Morgan fingerprint density at radius 2 is 0.961 bits per heavy atom. The molecule has 240 valence electrons. The molecule has 0 atom stereocenters. The lowest BCUT2D eigenvalue weighted by atomic mass is 9.81. The molecule has 9 rings (SSSR count). The van der Waals surface area contributed by atoms with E-state index >= 15 is 0 Å². The van der Waals surface area contributed by atoms with Crippen LogP contribution in [0.15, 0.2) is 158 Å². The van der Waals surface area contributed by atoms with Gasteiger partial charge in [0.05, 0.1) is 11.6 Å². The van der Waals surface area contributed by atoms with E-state index in [4.69, 9.17) is 15.0 Å². The molecule has 0 N–H and O–H groups in total. The molecule has 0 fully saturated rings. The lowest BCUT2D eigenvalue weighted by Gasteiger charge is -2.21. The fraction of sp³-hybridized carbons (Fsp3) is 0.0638. The summed E-state index contributed by atoms with van der Waals surface area (Å²) in [5.74, 6) is 1.93. The van der Waals surface area contributed by atoms with E-state index in [-0.39, 0.29) is 5.41 Å². The standard InChI is InChI=1S/C47H32N4/c1-47(2)41-21-11-17-36(43(41)40-27-22-30(29-48)28-42(40)47)32-25-23-31(24-26-32)35-16-9-19-38-37(35)18-10-20-39(38)46-50-44(33-12-5-3-6-13-33)49-45(51-46)34-14-7-4-8-15-34/h3-28H,1-2H3. The first-order valence-corrected chi connectivity index (χ1v) is 17.2. The van der Waals surface area contributed by atoms with Gasteiger partial charge in [-0.05, 0) is 67.4 Å². The van der Waals surface area contributed by atoms with Gasteiger partial charge in [-0.3, -0.25) is 0 Å². The van der Waals surface area contributed by atoms with Gasteiger partial charge in [-0.15, -0.1) is 0 Å². The third-order valence-corrected chi connectivity index (χ3v) is 10.2. The zero-order valence-corrected chi connectivity index (χ0v) is 28.3. The molecule has 4 nitrogen and oxygen atoms in total. The molecular weight excluding hydrogens is 621 g/mol. The van der Waals surface area contributed by atoms with Crippen LogP contribution in [0.5, 0.6) is 0 Å². The molecule has 8 aromatic rings. The average Bonchev–Trinajstić information content (AvgIpc) is 3.43. The molecule has 0 bridgehead atoms. The minimum atomic E-state index is -0.184. The van der Waals surface area contributed by atoms with Crippen LogP contribution < -0.4 is 0 Å². The van der Waals surface area contributed by atoms with E-state index in [0.717, 1.165) is 44.2 Å². The number of aromatic nitrogens is 3. The molecule has 0 saturated carbocycles. The number of hydrogen-bond acceptors (Lipinski definition) is 4. The lowest BCUT2D eigenvalue weighted by Crippen LogP contribution is -2.15. The normalized spacial score (nSPS) is 12.6. The van der Waals surface area contributed by atoms with Crippen LogP contribution in [0.2, 0.25) is 0 Å². The Balaban J connectivity index is 1.14. The Morgan fingerprint density at radius 1 is 0.431 bits per heavy atom. The number of fused-ring (bicyclic) bond motifs is 4. The van der Waals surface area contributed by atoms with E-state index in [9.17, 15) is 5.26 Å². The Kier molecular flexibility index (Phi) is 7.15. The second-order valence-electron chi connectivity index (χ2n) is 13.5. The van der Waals surface area contributed by atoms with Crippen molar-refractivity contribution < 1.29 is 0 Å². The smallest absolute Gasteiger partial charge is 0.164 e. The van der Waals surface area contributed by atoms with Gasteiger partial charge in [-0.2, -0.15) is 5.26 Å². The third-order valence-electron chi connectivity index (χ3n) is 10.2. The van der Waals surface area contributed by atoms with Gasteiger partial charge in [-0.1, -0.05) is 159 Å². The van der Waals surface area contributed by atoms with Crippen LogP contribution in [0.4, 0.5) is 0 Å². The average molecular weight is 653 g/mol. The molecule has 4 heteroatoms. The largest absolute Gasteiger partial charge is 0.208 e. The van der Waals surface area contributed by atoms with Gasteiger partial charge in [0.1, 0.15) is 0 Å². The summed E-state index contributed by atoms with van der Waals surface area (Å²) >= 11 is 0. The van der Waals surface area contributed by atoms with E-state index in [2.05, 4.69) is 111 Å². The van der Waals surface area contributed by atoms with Gasteiger partial charge in [0.2, 0.25) is 0 Å². The van der Waals surface area contributed by atoms with Crippen molar-refractivity contribution in [1.29, 1.82) is 5.26 Å². The van der Waals surface area contributed by atoms with Crippen molar-refractivity contribution in [1.82, 2.24) is 15.0 Å². The van der Waals surface area contributed by atoms with E-state index in [1.165, 1.54) is 27.8 Å². The fourth-order valence-corrected chi connectivity index (χ4v) is 7.61. The molecule has 0 spiro atoms. The topological polar surface area (TPSA) is 62.5 Å². The minimum absolute atomic E-state index is 0.184. The minimum Gasteiger partial charge on any atom is -0.208 e. The number of benzene rings is 7. The van der Waals surface area contributed by atoms with Crippen LogP contribution in [0.3, 0.4) is 0 Å². The van der Waals surface area contributed by atoms with Gasteiger partial charge in [0, 0.05) is 22.1 Å². The zero-order valence-electron chi connectivity index (χ0n) is 28.3. The highest BCUT2D eigenvalue weighted by Gasteiger charge is 2.37. The van der Waals surface area contributed by atoms with E-state index < -0.39 is 0 Å². The fourth-order valence-electron chi connectivity index (χ4n) is 7.61. The number of nitrogens with zero attached hydrogens (tertiary/aromatic N) is 4. The first-order valence-electron chi connectivity index (χ1n) is 17.2. The molecule has 51 heavy (non-hydrogen) atoms. The highest BCUT2D eigenvalue weighted by Crippen LogP contribution is 2.52. The maximum absolute atomic E-state index is 9.60. The number of rotatable bonds is 5. The molecule has 0 aliphatic heterocycles. The highest BCUT2D eigenvalue weighted by atomic mass is 15.0. The van der Waals surface area contributed by atoms with E-state index in [1.807, 2.05) is 66.7 Å². The molecule has 1 heterocycles. The van der Waals surface area contributed by atoms with Crippen molar-refractivity contribution in [3.63, 3.8) is 0 Å². The van der Waals surface area contributed by atoms with Crippen molar-refractivity contribution in [2.75, 3.05) is 0 Å². The summed E-state index contributed by atoms with van der Waals surface area (Å²) in [5, 5.41) is 11.8. The molecule has 1 aliphatic rings. The van der Waals surface area contributed by atoms with Crippen LogP contribution in [0.25, 0.3) is 78.3 Å². The predicted molar refractivity (Wildman–Crippen MR) is 207 cm³/mol. The molecule has 1 aromatic heterocycles. The van der Waals surface area contributed by atoms with Gasteiger partial charge in [0.15, 0.2) is 17.5 Å². The van der Waals surface area contributed by atoms with Crippen LogP contribution in [0, 0.1) is 11.3 Å². The van der Waals surface area contributed by atoms with Crippen molar-refractivity contribution in [2.24, 2.45) is 0 Å². The maximum Gasteiger partial charge on any atom is 0.164 e. The Labute approximate surface area is 297 Å². The molecule has 0 amide bonds. The monoisotopic (exact) mass is 652 g/mol. The SMILES string of the molecule is CC1(C)c2cc(C#N)ccc2-c2c(-c3ccc(-c4cccc5c(-c6nc(-c7ccccc7)nc(-c7ccccc7)n6)cccc45)cc3)cccc21. The van der Waals surface area contributed by atoms with E-state index in [1.54, 1.807) is 0 Å². The van der Waals surface area contributed by atoms with Crippen LogP contribution in [-0.2, 0) is 5.41 Å². The lowest BCUT2D eigenvalue weighted by molar-refractivity contribution is 0.660. The maximum atomic E-state index is 9.60. The van der Waals surface area contributed by atoms with Gasteiger partial charge in [0.25, 0.3) is 0 Å². The molecule has 0 unspecified atom stereocenters. The highest BCUT2D eigenvalue weighted by molar-refractivity contribution is 6.04. The third kappa shape index (κ3) is 5.10. The summed E-state index contributed by atoms with van der Waals surface area (Å²) in [6, 6.07) is 56.9. The quantitative estimate of drug-likeness (QED) is 0.186. The van der Waals surface area contributed by atoms with Gasteiger partial charge >= 0.3 is 0 Å². The summed E-state index contributed by atoms with van der Waals surface area (Å²) in [6.45, 7) is 4.50. The summed E-state index contributed by atoms with van der Waals surface area (Å²) in [4.78, 5) is 14.9. The first kappa shape index (κ1) is 30.4. The molecule has 0 saturated heterocycles.